The van der Waals surface area contributed by atoms with Gasteiger partial charge in [0.05, 0.1) is 12.1 Å². The minimum Gasteiger partial charge on any atom is -0.381 e. The van der Waals surface area contributed by atoms with Crippen molar-refractivity contribution in [3.63, 3.8) is 0 Å². The summed E-state index contributed by atoms with van der Waals surface area (Å²) in [7, 11) is 1.64. The molecule has 1 fully saturated rings. The largest absolute Gasteiger partial charge is 0.381 e. The van der Waals surface area contributed by atoms with Crippen molar-refractivity contribution in [2.75, 3.05) is 7.11 Å². The zero-order valence-electron chi connectivity index (χ0n) is 7.86. The van der Waals surface area contributed by atoms with Crippen LogP contribution in [-0.4, -0.2) is 23.0 Å². The molecule has 0 N–H and O–H groups in total. The first-order valence-corrected chi connectivity index (χ1v) is 4.56. The van der Waals surface area contributed by atoms with Crippen LogP contribution in [0.2, 0.25) is 0 Å². The Morgan fingerprint density at radius 1 is 1.57 bits per heavy atom. The first kappa shape index (κ1) is 9.58. The number of rotatable bonds is 3. The Kier molecular flexibility index (Phi) is 2.50. The van der Waals surface area contributed by atoms with Crippen LogP contribution in [0, 0.1) is 0 Å². The molecule has 0 spiro atoms. The predicted octanol–water partition coefficient (Wildman–Crippen LogP) is 2.17. The van der Waals surface area contributed by atoms with Crippen LogP contribution in [0.5, 0.6) is 0 Å². The van der Waals surface area contributed by atoms with Crippen molar-refractivity contribution in [3.8, 4) is 0 Å². The summed E-state index contributed by atoms with van der Waals surface area (Å²) in [5.41, 5.74) is 0.00422. The molecular formula is C9H12F2N2O. The molecule has 1 aliphatic rings. The van der Waals surface area contributed by atoms with E-state index in [1.165, 1.54) is 16.9 Å². The summed E-state index contributed by atoms with van der Waals surface area (Å²) in [4.78, 5) is 0. The van der Waals surface area contributed by atoms with E-state index in [4.69, 9.17) is 4.74 Å². The highest BCUT2D eigenvalue weighted by molar-refractivity contribution is 5.05. The quantitative estimate of drug-likeness (QED) is 0.751. The fourth-order valence-corrected chi connectivity index (χ4v) is 1.73. The van der Waals surface area contributed by atoms with Gasteiger partial charge in [-0.25, -0.2) is 8.78 Å². The highest BCUT2D eigenvalue weighted by atomic mass is 19.3. The summed E-state index contributed by atoms with van der Waals surface area (Å²) >= 11 is 0. The Labute approximate surface area is 80.7 Å². The van der Waals surface area contributed by atoms with E-state index < -0.39 is 6.43 Å². The van der Waals surface area contributed by atoms with Crippen LogP contribution >= 0.6 is 0 Å². The molecule has 78 valence electrons. The smallest absolute Gasteiger partial charge is 0.280 e. The summed E-state index contributed by atoms with van der Waals surface area (Å²) in [5, 5.41) is 3.91. The molecule has 0 atom stereocenters. The third-order valence-corrected chi connectivity index (χ3v) is 2.67. The zero-order chi connectivity index (χ0) is 10.1. The molecule has 14 heavy (non-hydrogen) atoms. The van der Waals surface area contributed by atoms with Crippen molar-refractivity contribution in [1.82, 2.24) is 9.78 Å². The van der Waals surface area contributed by atoms with Gasteiger partial charge < -0.3 is 4.74 Å². The molecule has 1 heterocycles. The average molecular weight is 202 g/mol. The molecule has 0 saturated heterocycles. The van der Waals surface area contributed by atoms with Gasteiger partial charge in [0.1, 0.15) is 5.69 Å². The second-order valence-corrected chi connectivity index (χ2v) is 3.48. The Morgan fingerprint density at radius 2 is 2.29 bits per heavy atom. The second-order valence-electron chi connectivity index (χ2n) is 3.48. The van der Waals surface area contributed by atoms with Crippen molar-refractivity contribution in [3.05, 3.63) is 18.0 Å². The molecule has 1 aromatic heterocycles. The molecule has 2 rings (SSSR count). The van der Waals surface area contributed by atoms with E-state index >= 15 is 0 Å². The number of nitrogens with zero attached hydrogens (tertiary/aromatic N) is 2. The van der Waals surface area contributed by atoms with Crippen molar-refractivity contribution in [2.24, 2.45) is 0 Å². The lowest BCUT2D eigenvalue weighted by Gasteiger charge is -2.35. The minimum atomic E-state index is -2.45. The Hall–Kier alpha value is -0.970. The number of aromatic nitrogens is 2. The van der Waals surface area contributed by atoms with Crippen molar-refractivity contribution in [2.45, 2.75) is 31.4 Å². The normalized spacial score (nSPS) is 26.6. The van der Waals surface area contributed by atoms with Crippen LogP contribution in [0.3, 0.4) is 0 Å². The van der Waals surface area contributed by atoms with Crippen molar-refractivity contribution < 1.29 is 13.5 Å². The Balaban J connectivity index is 2.07. The molecular weight excluding hydrogens is 190 g/mol. The van der Waals surface area contributed by atoms with Gasteiger partial charge in [-0.3, -0.25) is 4.68 Å². The Morgan fingerprint density at radius 3 is 2.86 bits per heavy atom. The molecule has 1 saturated carbocycles. The number of ether oxygens (including phenoxy) is 1. The third-order valence-electron chi connectivity index (χ3n) is 2.67. The first-order valence-electron chi connectivity index (χ1n) is 4.56. The van der Waals surface area contributed by atoms with Gasteiger partial charge in [-0.15, -0.1) is 0 Å². The number of halogens is 2. The van der Waals surface area contributed by atoms with E-state index in [1.807, 2.05) is 0 Å². The standard InChI is InChI=1S/C9H12F2N2O/c1-14-7-4-6(5-7)13-8(9(10)11)2-3-12-13/h2-3,6-7,9H,4-5H2,1H3. The van der Waals surface area contributed by atoms with Crippen LogP contribution in [0.15, 0.2) is 12.3 Å². The lowest BCUT2D eigenvalue weighted by molar-refractivity contribution is -0.00180. The van der Waals surface area contributed by atoms with Crippen molar-refractivity contribution in [1.29, 1.82) is 0 Å². The van der Waals surface area contributed by atoms with E-state index in [2.05, 4.69) is 5.10 Å². The average Bonchev–Trinajstić information content (AvgIpc) is 2.50. The van der Waals surface area contributed by atoms with E-state index in [1.54, 1.807) is 7.11 Å². The third kappa shape index (κ3) is 1.52. The van der Waals surface area contributed by atoms with Crippen LogP contribution in [0.4, 0.5) is 8.78 Å². The highest BCUT2D eigenvalue weighted by Gasteiger charge is 2.33. The van der Waals surface area contributed by atoms with Gasteiger partial charge in [0.2, 0.25) is 0 Å². The lowest BCUT2D eigenvalue weighted by Crippen LogP contribution is -2.33. The van der Waals surface area contributed by atoms with E-state index in [-0.39, 0.29) is 17.8 Å². The number of hydrogen-bond acceptors (Lipinski definition) is 2. The predicted molar refractivity (Wildman–Crippen MR) is 46.3 cm³/mol. The topological polar surface area (TPSA) is 27.1 Å². The summed E-state index contributed by atoms with van der Waals surface area (Å²) in [6.07, 6.45) is 0.728. The molecule has 1 aliphatic carbocycles. The van der Waals surface area contributed by atoms with Crippen LogP contribution in [-0.2, 0) is 4.74 Å². The molecule has 0 aromatic carbocycles. The van der Waals surface area contributed by atoms with E-state index in [0.717, 1.165) is 12.8 Å². The van der Waals surface area contributed by atoms with Gasteiger partial charge in [0, 0.05) is 13.3 Å². The summed E-state index contributed by atoms with van der Waals surface area (Å²) in [6.45, 7) is 0. The fraction of sp³-hybridized carbons (Fsp3) is 0.667. The van der Waals surface area contributed by atoms with Gasteiger partial charge in [0.25, 0.3) is 6.43 Å². The van der Waals surface area contributed by atoms with E-state index in [0.29, 0.717) is 0 Å². The maximum Gasteiger partial charge on any atom is 0.280 e. The van der Waals surface area contributed by atoms with Crippen LogP contribution in [0.1, 0.15) is 31.0 Å². The lowest BCUT2D eigenvalue weighted by atomic mass is 9.89. The molecule has 1 aromatic rings. The fourth-order valence-electron chi connectivity index (χ4n) is 1.73. The molecule has 0 bridgehead atoms. The SMILES string of the molecule is COC1CC(n2nccc2C(F)F)C1. The molecule has 0 aliphatic heterocycles. The molecule has 0 radical (unpaired) electrons. The molecule has 3 nitrogen and oxygen atoms in total. The maximum atomic E-state index is 12.5. The minimum absolute atomic E-state index is 0.00422. The number of hydrogen-bond donors (Lipinski definition) is 0. The Bertz CT molecular complexity index is 308. The first-order chi connectivity index (χ1) is 6.72. The monoisotopic (exact) mass is 202 g/mol. The molecule has 5 heteroatoms. The molecule has 0 unspecified atom stereocenters. The van der Waals surface area contributed by atoms with Gasteiger partial charge in [-0.05, 0) is 18.9 Å². The summed E-state index contributed by atoms with van der Waals surface area (Å²) in [6, 6.07) is 1.45. The van der Waals surface area contributed by atoms with Gasteiger partial charge in [-0.1, -0.05) is 0 Å². The number of alkyl halides is 2. The van der Waals surface area contributed by atoms with Crippen LogP contribution in [0.25, 0.3) is 0 Å². The van der Waals surface area contributed by atoms with Crippen molar-refractivity contribution >= 4 is 0 Å². The van der Waals surface area contributed by atoms with Gasteiger partial charge in [-0.2, -0.15) is 5.10 Å². The number of methoxy groups -OCH3 is 1. The molecule has 0 amide bonds. The van der Waals surface area contributed by atoms with Crippen LogP contribution < -0.4 is 0 Å². The second kappa shape index (κ2) is 3.65. The highest BCUT2D eigenvalue weighted by Crippen LogP contribution is 2.36. The zero-order valence-corrected chi connectivity index (χ0v) is 7.86. The summed E-state index contributed by atoms with van der Waals surface area (Å²) in [5.74, 6) is 0. The van der Waals surface area contributed by atoms with Gasteiger partial charge in [0.15, 0.2) is 0 Å². The maximum absolute atomic E-state index is 12.5. The van der Waals surface area contributed by atoms with E-state index in [9.17, 15) is 8.78 Å². The van der Waals surface area contributed by atoms with Gasteiger partial charge >= 0.3 is 0 Å². The summed E-state index contributed by atoms with van der Waals surface area (Å²) < 4.78 is 31.4.